The van der Waals surface area contributed by atoms with Gasteiger partial charge in [0.25, 0.3) is 0 Å². The Hall–Kier alpha value is -1.61. The van der Waals surface area contributed by atoms with E-state index in [2.05, 4.69) is 10.6 Å². The maximum atomic E-state index is 11.1. The lowest BCUT2D eigenvalue weighted by Gasteiger charge is -2.38. The monoisotopic (exact) mass is 211 g/mol. The van der Waals surface area contributed by atoms with E-state index in [0.717, 1.165) is 6.42 Å². The molecule has 3 N–H and O–H groups in total. The summed E-state index contributed by atoms with van der Waals surface area (Å²) in [7, 11) is 0. The quantitative estimate of drug-likeness (QED) is 0.518. The number of aliphatic carboxylic acids is 1. The van der Waals surface area contributed by atoms with Crippen molar-refractivity contribution in [2.45, 2.75) is 24.8 Å². The SMILES string of the molecule is N#CCNC(=O)CNC1(C(=O)O)CCC1. The van der Waals surface area contributed by atoms with Crippen LogP contribution >= 0.6 is 0 Å². The highest BCUT2D eigenvalue weighted by molar-refractivity contribution is 5.83. The van der Waals surface area contributed by atoms with Crippen molar-refractivity contribution in [2.24, 2.45) is 0 Å². The highest BCUT2D eigenvalue weighted by Gasteiger charge is 2.44. The van der Waals surface area contributed by atoms with Gasteiger partial charge in [-0.3, -0.25) is 14.9 Å². The molecule has 1 aliphatic carbocycles. The maximum absolute atomic E-state index is 11.1. The average molecular weight is 211 g/mol. The standard InChI is InChI=1S/C9H13N3O3/c10-4-5-11-7(13)6-12-9(8(14)15)2-1-3-9/h12H,1-3,5-6H2,(H,11,13)(H,14,15). The fourth-order valence-electron chi connectivity index (χ4n) is 1.45. The molecule has 1 amide bonds. The number of carboxylic acids is 1. The normalized spacial score (nSPS) is 17.3. The first kappa shape index (κ1) is 11.5. The topological polar surface area (TPSA) is 102 Å². The molecule has 1 rings (SSSR count). The largest absolute Gasteiger partial charge is 0.480 e. The molecular weight excluding hydrogens is 198 g/mol. The second-order valence-corrected chi connectivity index (χ2v) is 3.53. The van der Waals surface area contributed by atoms with Crippen molar-refractivity contribution in [3.63, 3.8) is 0 Å². The lowest BCUT2D eigenvalue weighted by molar-refractivity contribution is -0.148. The molecule has 82 valence electrons. The van der Waals surface area contributed by atoms with E-state index in [1.54, 1.807) is 6.07 Å². The van der Waals surface area contributed by atoms with E-state index in [1.807, 2.05) is 0 Å². The smallest absolute Gasteiger partial charge is 0.323 e. The summed E-state index contributed by atoms with van der Waals surface area (Å²) >= 11 is 0. The van der Waals surface area contributed by atoms with Crippen LogP contribution in [0.4, 0.5) is 0 Å². The summed E-state index contributed by atoms with van der Waals surface area (Å²) in [6.07, 6.45) is 1.96. The molecule has 15 heavy (non-hydrogen) atoms. The number of hydrogen-bond acceptors (Lipinski definition) is 4. The second kappa shape index (κ2) is 4.75. The summed E-state index contributed by atoms with van der Waals surface area (Å²) in [5, 5.41) is 22.2. The van der Waals surface area contributed by atoms with Gasteiger partial charge in [-0.15, -0.1) is 0 Å². The number of rotatable bonds is 5. The third-order valence-corrected chi connectivity index (χ3v) is 2.57. The highest BCUT2D eigenvalue weighted by atomic mass is 16.4. The van der Waals surface area contributed by atoms with Crippen LogP contribution in [0.2, 0.25) is 0 Å². The lowest BCUT2D eigenvalue weighted by Crippen LogP contribution is -2.59. The molecule has 0 bridgehead atoms. The Morgan fingerprint density at radius 1 is 1.47 bits per heavy atom. The molecule has 0 aromatic heterocycles. The molecule has 1 saturated carbocycles. The van der Waals surface area contributed by atoms with Crippen LogP contribution in [-0.2, 0) is 9.59 Å². The van der Waals surface area contributed by atoms with Gasteiger partial charge in [-0.05, 0) is 19.3 Å². The number of nitrogens with zero attached hydrogens (tertiary/aromatic N) is 1. The van der Waals surface area contributed by atoms with Gasteiger partial charge in [0.2, 0.25) is 5.91 Å². The molecule has 0 unspecified atom stereocenters. The highest BCUT2D eigenvalue weighted by Crippen LogP contribution is 2.31. The van der Waals surface area contributed by atoms with Crippen LogP contribution < -0.4 is 10.6 Å². The molecular formula is C9H13N3O3. The zero-order valence-electron chi connectivity index (χ0n) is 8.25. The number of carbonyl (C=O) groups excluding carboxylic acids is 1. The predicted molar refractivity (Wildman–Crippen MR) is 50.8 cm³/mol. The zero-order valence-corrected chi connectivity index (χ0v) is 8.25. The van der Waals surface area contributed by atoms with Gasteiger partial charge in [0.05, 0.1) is 12.6 Å². The number of nitrogens with one attached hydrogen (secondary N) is 2. The summed E-state index contributed by atoms with van der Waals surface area (Å²) in [5.41, 5.74) is -0.927. The predicted octanol–water partition coefficient (Wildman–Crippen LogP) is -0.777. The minimum absolute atomic E-state index is 0.0550. The van der Waals surface area contributed by atoms with Crippen molar-refractivity contribution in [1.29, 1.82) is 5.26 Å². The summed E-state index contributed by atoms with van der Waals surface area (Å²) < 4.78 is 0. The number of hydrogen-bond donors (Lipinski definition) is 3. The minimum atomic E-state index is -0.927. The molecule has 0 spiro atoms. The van der Waals surface area contributed by atoms with E-state index < -0.39 is 11.5 Å². The Bertz CT molecular complexity index is 304. The van der Waals surface area contributed by atoms with Gasteiger partial charge in [-0.2, -0.15) is 5.26 Å². The molecule has 0 heterocycles. The molecule has 1 aliphatic rings. The van der Waals surface area contributed by atoms with Gasteiger partial charge in [0.15, 0.2) is 0 Å². The molecule has 0 aromatic carbocycles. The number of carbonyl (C=O) groups is 2. The third kappa shape index (κ3) is 2.67. The Kier molecular flexibility index (Phi) is 3.63. The molecule has 0 saturated heterocycles. The van der Waals surface area contributed by atoms with Gasteiger partial charge in [-0.25, -0.2) is 0 Å². The Balaban J connectivity index is 2.32. The van der Waals surface area contributed by atoms with E-state index in [4.69, 9.17) is 10.4 Å². The van der Waals surface area contributed by atoms with Crippen LogP contribution in [0, 0.1) is 11.3 Å². The van der Waals surface area contributed by atoms with Gasteiger partial charge < -0.3 is 10.4 Å². The van der Waals surface area contributed by atoms with E-state index in [9.17, 15) is 9.59 Å². The zero-order chi connectivity index (χ0) is 11.3. The number of nitriles is 1. The van der Waals surface area contributed by atoms with Crippen LogP contribution in [0.3, 0.4) is 0 Å². The Morgan fingerprint density at radius 3 is 2.53 bits per heavy atom. The van der Waals surface area contributed by atoms with Gasteiger partial charge in [0, 0.05) is 0 Å². The van der Waals surface area contributed by atoms with Crippen molar-refractivity contribution in [1.82, 2.24) is 10.6 Å². The maximum Gasteiger partial charge on any atom is 0.323 e. The van der Waals surface area contributed by atoms with Crippen LogP contribution in [0.5, 0.6) is 0 Å². The van der Waals surface area contributed by atoms with Crippen LogP contribution in [0.25, 0.3) is 0 Å². The first-order valence-corrected chi connectivity index (χ1v) is 4.73. The fraction of sp³-hybridized carbons (Fsp3) is 0.667. The lowest BCUT2D eigenvalue weighted by atomic mass is 9.77. The molecule has 1 fully saturated rings. The Labute approximate surface area is 87.3 Å². The summed E-state index contributed by atoms with van der Waals surface area (Å²) in [6.45, 7) is -0.117. The van der Waals surface area contributed by atoms with Crippen LogP contribution in [0.1, 0.15) is 19.3 Å². The summed E-state index contributed by atoms with van der Waals surface area (Å²) in [4.78, 5) is 22.0. The van der Waals surface area contributed by atoms with Gasteiger partial charge >= 0.3 is 5.97 Å². The van der Waals surface area contributed by atoms with Crippen molar-refractivity contribution in [3.05, 3.63) is 0 Å². The van der Waals surface area contributed by atoms with Crippen LogP contribution in [-0.4, -0.2) is 35.6 Å². The van der Waals surface area contributed by atoms with Crippen molar-refractivity contribution < 1.29 is 14.7 Å². The molecule has 0 aromatic rings. The molecule has 0 radical (unpaired) electrons. The molecule has 6 nitrogen and oxygen atoms in total. The average Bonchev–Trinajstić information content (AvgIpc) is 2.12. The van der Waals surface area contributed by atoms with Gasteiger partial charge in [0.1, 0.15) is 12.1 Å². The fourth-order valence-corrected chi connectivity index (χ4v) is 1.45. The van der Waals surface area contributed by atoms with Gasteiger partial charge in [-0.1, -0.05) is 0 Å². The van der Waals surface area contributed by atoms with Crippen LogP contribution in [0.15, 0.2) is 0 Å². The number of amides is 1. The van der Waals surface area contributed by atoms with Crippen molar-refractivity contribution in [3.8, 4) is 6.07 Å². The summed E-state index contributed by atoms with van der Waals surface area (Å²) in [6, 6.07) is 1.77. The number of carboxylic acid groups (broad SMARTS) is 1. The van der Waals surface area contributed by atoms with E-state index in [-0.39, 0.29) is 19.0 Å². The van der Waals surface area contributed by atoms with Crippen molar-refractivity contribution >= 4 is 11.9 Å². The first-order chi connectivity index (χ1) is 7.10. The van der Waals surface area contributed by atoms with E-state index in [0.29, 0.717) is 12.8 Å². The molecule has 0 atom stereocenters. The first-order valence-electron chi connectivity index (χ1n) is 4.73. The second-order valence-electron chi connectivity index (χ2n) is 3.53. The summed E-state index contributed by atoms with van der Waals surface area (Å²) in [5.74, 6) is -1.27. The Morgan fingerprint density at radius 2 is 2.13 bits per heavy atom. The third-order valence-electron chi connectivity index (χ3n) is 2.57. The van der Waals surface area contributed by atoms with E-state index in [1.165, 1.54) is 0 Å². The molecule has 6 heteroatoms. The molecule has 0 aliphatic heterocycles. The van der Waals surface area contributed by atoms with Crippen molar-refractivity contribution in [2.75, 3.05) is 13.1 Å². The minimum Gasteiger partial charge on any atom is -0.480 e. The van der Waals surface area contributed by atoms with E-state index >= 15 is 0 Å².